The van der Waals surface area contributed by atoms with E-state index in [4.69, 9.17) is 4.98 Å². The van der Waals surface area contributed by atoms with Crippen LogP contribution in [0.4, 0.5) is 11.5 Å². The first kappa shape index (κ1) is 18.4. The Kier molecular flexibility index (Phi) is 5.33. The van der Waals surface area contributed by atoms with Crippen molar-refractivity contribution in [3.05, 3.63) is 84.4 Å². The van der Waals surface area contributed by atoms with Crippen LogP contribution in [-0.4, -0.2) is 16.1 Å². The molecule has 134 valence electrons. The van der Waals surface area contributed by atoms with Crippen LogP contribution >= 0.6 is 0 Å². The second-order valence-electron chi connectivity index (χ2n) is 5.85. The zero-order valence-electron chi connectivity index (χ0n) is 14.2. The Bertz CT molecular complexity index is 1100. The molecule has 0 saturated heterocycles. The van der Waals surface area contributed by atoms with E-state index in [1.54, 1.807) is 18.2 Å². The van der Waals surface area contributed by atoms with Gasteiger partial charge in [-0.3, -0.25) is 5.32 Å². The number of carboxylic acid groups (broad SMARTS) is 1. The highest BCUT2D eigenvalue weighted by Gasteiger charge is 2.15. The molecule has 27 heavy (non-hydrogen) atoms. The quantitative estimate of drug-likeness (QED) is 0.559. The van der Waals surface area contributed by atoms with Gasteiger partial charge in [-0.25, -0.2) is 9.78 Å². The molecule has 0 bridgehead atoms. The molecule has 0 unspecified atom stereocenters. The number of aromatic nitrogens is 2. The number of aromatic carboxylic acids is 1. The third kappa shape index (κ3) is 3.88. The van der Waals surface area contributed by atoms with E-state index in [1.807, 2.05) is 60.7 Å². The molecule has 1 aromatic heterocycles. The summed E-state index contributed by atoms with van der Waals surface area (Å²) in [4.78, 5) is 19.2. The van der Waals surface area contributed by atoms with Crippen LogP contribution in [0.2, 0.25) is 0 Å². The van der Waals surface area contributed by atoms with Gasteiger partial charge in [-0.1, -0.05) is 36.4 Å². The van der Waals surface area contributed by atoms with Gasteiger partial charge in [-0.2, -0.15) is 0 Å². The lowest BCUT2D eigenvalue weighted by Crippen LogP contribution is -3.00. The highest BCUT2D eigenvalue weighted by molar-refractivity contribution is 5.92. The van der Waals surface area contributed by atoms with Gasteiger partial charge >= 0.3 is 5.97 Å². The van der Waals surface area contributed by atoms with Crippen LogP contribution in [0.1, 0.15) is 10.4 Å². The third-order valence-electron chi connectivity index (χ3n) is 4.08. The first-order valence-electron chi connectivity index (χ1n) is 8.18. The number of benzene rings is 3. The number of anilines is 2. The van der Waals surface area contributed by atoms with Gasteiger partial charge in [-0.15, -0.1) is 4.98 Å². The maximum absolute atomic E-state index is 11.2. The van der Waals surface area contributed by atoms with Crippen LogP contribution in [0.25, 0.3) is 22.3 Å². The van der Waals surface area contributed by atoms with E-state index in [9.17, 15) is 9.90 Å². The van der Waals surface area contributed by atoms with E-state index in [-0.39, 0.29) is 18.0 Å². The molecule has 3 aromatic carbocycles. The number of fused-ring (bicyclic) bond motifs is 1. The van der Waals surface area contributed by atoms with Crippen molar-refractivity contribution < 1.29 is 27.3 Å². The molecule has 1 heterocycles. The van der Waals surface area contributed by atoms with Crippen molar-refractivity contribution in [2.75, 3.05) is 5.32 Å². The van der Waals surface area contributed by atoms with Crippen molar-refractivity contribution in [1.82, 2.24) is 4.98 Å². The maximum atomic E-state index is 11.2. The van der Waals surface area contributed by atoms with E-state index in [0.29, 0.717) is 5.69 Å². The van der Waals surface area contributed by atoms with Crippen LogP contribution in [0, 0.1) is 0 Å². The summed E-state index contributed by atoms with van der Waals surface area (Å²) in [6, 6.07) is 24.4. The number of hydrogen-bond acceptors (Lipinski definition) is 3. The fourth-order valence-electron chi connectivity index (χ4n) is 2.82. The molecule has 0 fully saturated rings. The number of para-hydroxylation sites is 1. The average molecular weight is 378 g/mol. The van der Waals surface area contributed by atoms with E-state index < -0.39 is 5.97 Å². The molecule has 0 amide bonds. The van der Waals surface area contributed by atoms with Crippen LogP contribution in [0.15, 0.2) is 78.9 Å². The van der Waals surface area contributed by atoms with Gasteiger partial charge in [0.2, 0.25) is 5.82 Å². The Labute approximate surface area is 162 Å². The van der Waals surface area contributed by atoms with Crippen LogP contribution in [0.3, 0.4) is 0 Å². The molecule has 0 aliphatic rings. The molecule has 0 radical (unpaired) electrons. The predicted molar refractivity (Wildman–Crippen MR) is 100 cm³/mol. The van der Waals surface area contributed by atoms with Gasteiger partial charge in [0.05, 0.1) is 22.2 Å². The van der Waals surface area contributed by atoms with Crippen LogP contribution in [0.5, 0.6) is 0 Å². The summed E-state index contributed by atoms with van der Waals surface area (Å²) in [7, 11) is 0. The number of rotatable bonds is 4. The standard InChI is InChI=1S/C21H15N3O2.ClH/c25-21(26)15-9-6-10-16(13-15)22-20-17-11-4-5-12-18(17)23-19(24-20)14-7-2-1-3-8-14;/h1-13H,(H,25,26)(H,22,23,24);1H. The van der Waals surface area contributed by atoms with Gasteiger partial charge in [0.25, 0.3) is 5.82 Å². The number of nitrogens with zero attached hydrogens (tertiary/aromatic N) is 1. The number of carboxylic acids is 1. The minimum Gasteiger partial charge on any atom is -1.00 e. The lowest BCUT2D eigenvalue weighted by atomic mass is 10.1. The van der Waals surface area contributed by atoms with Gasteiger partial charge in [0.15, 0.2) is 5.52 Å². The number of aromatic amines is 1. The Morgan fingerprint density at radius 1 is 0.926 bits per heavy atom. The second-order valence-corrected chi connectivity index (χ2v) is 5.85. The van der Waals surface area contributed by atoms with Gasteiger partial charge in [-0.05, 0) is 42.5 Å². The number of H-pyrrole nitrogens is 1. The maximum Gasteiger partial charge on any atom is 0.335 e. The molecule has 4 aromatic rings. The van der Waals surface area contributed by atoms with Crippen molar-refractivity contribution in [2.24, 2.45) is 0 Å². The predicted octanol–water partition coefficient (Wildman–Crippen LogP) is 1.16. The highest BCUT2D eigenvalue weighted by Crippen LogP contribution is 2.24. The first-order chi connectivity index (χ1) is 12.7. The largest absolute Gasteiger partial charge is 1.00 e. The molecule has 0 aliphatic carbocycles. The van der Waals surface area contributed by atoms with Crippen molar-refractivity contribution in [3.63, 3.8) is 0 Å². The molecule has 4 rings (SSSR count). The van der Waals surface area contributed by atoms with Crippen molar-refractivity contribution in [2.45, 2.75) is 0 Å². The molecule has 0 aliphatic heterocycles. The minimum absolute atomic E-state index is 0. The van der Waals surface area contributed by atoms with Crippen molar-refractivity contribution >= 4 is 28.4 Å². The topological polar surface area (TPSA) is 76.4 Å². The Hall–Kier alpha value is -3.44. The lowest BCUT2D eigenvalue weighted by Gasteiger charge is -2.06. The van der Waals surface area contributed by atoms with E-state index in [0.717, 1.165) is 28.1 Å². The Morgan fingerprint density at radius 2 is 1.67 bits per heavy atom. The molecule has 0 saturated carbocycles. The summed E-state index contributed by atoms with van der Waals surface area (Å²) in [6.45, 7) is 0. The Balaban J connectivity index is 0.00000210. The average Bonchev–Trinajstić information content (AvgIpc) is 2.69. The highest BCUT2D eigenvalue weighted by atomic mass is 35.5. The third-order valence-corrected chi connectivity index (χ3v) is 4.08. The van der Waals surface area contributed by atoms with E-state index >= 15 is 0 Å². The summed E-state index contributed by atoms with van der Waals surface area (Å²) in [5.41, 5.74) is 2.75. The molecule has 0 atom stereocenters. The fourth-order valence-corrected chi connectivity index (χ4v) is 2.82. The van der Waals surface area contributed by atoms with Crippen LogP contribution in [-0.2, 0) is 0 Å². The van der Waals surface area contributed by atoms with Crippen molar-refractivity contribution in [1.29, 1.82) is 0 Å². The SMILES string of the molecule is O=C(O)c1cccc(Nc2[nH+]c(-c3ccccc3)nc3ccccc23)c1.[Cl-]. The van der Waals surface area contributed by atoms with Crippen molar-refractivity contribution in [3.8, 4) is 11.4 Å². The summed E-state index contributed by atoms with van der Waals surface area (Å²) in [6.07, 6.45) is 0. The summed E-state index contributed by atoms with van der Waals surface area (Å²) in [5.74, 6) is 0.542. The van der Waals surface area contributed by atoms with Gasteiger partial charge in [0, 0.05) is 0 Å². The number of halogens is 1. The van der Waals surface area contributed by atoms with Gasteiger partial charge in [0.1, 0.15) is 0 Å². The molecular weight excluding hydrogens is 362 g/mol. The summed E-state index contributed by atoms with van der Waals surface area (Å²) in [5, 5.41) is 13.4. The molecule has 6 heteroatoms. The first-order valence-corrected chi connectivity index (χ1v) is 8.18. The summed E-state index contributed by atoms with van der Waals surface area (Å²) < 4.78 is 0. The molecule has 5 nitrogen and oxygen atoms in total. The smallest absolute Gasteiger partial charge is 0.335 e. The van der Waals surface area contributed by atoms with Gasteiger partial charge < -0.3 is 17.5 Å². The fraction of sp³-hybridized carbons (Fsp3) is 0. The lowest BCUT2D eigenvalue weighted by molar-refractivity contribution is -0.349. The molecule has 3 N–H and O–H groups in total. The monoisotopic (exact) mass is 377 g/mol. The zero-order chi connectivity index (χ0) is 17.9. The van der Waals surface area contributed by atoms with E-state index in [2.05, 4.69) is 10.3 Å². The molecular formula is C21H16ClN3O2. The number of carbonyl (C=O) groups is 1. The van der Waals surface area contributed by atoms with Crippen LogP contribution < -0.4 is 22.7 Å². The normalized spacial score (nSPS) is 10.2. The minimum atomic E-state index is -0.956. The zero-order valence-corrected chi connectivity index (χ0v) is 14.9. The summed E-state index contributed by atoms with van der Waals surface area (Å²) >= 11 is 0. The number of nitrogens with one attached hydrogen (secondary N) is 2. The molecule has 0 spiro atoms. The Morgan fingerprint density at radius 3 is 2.44 bits per heavy atom. The van der Waals surface area contributed by atoms with E-state index in [1.165, 1.54) is 0 Å². The second kappa shape index (κ2) is 7.85. The number of hydrogen-bond donors (Lipinski definition) is 2.